The molecule has 6 heteroatoms. The van der Waals surface area contributed by atoms with Gasteiger partial charge in [-0.05, 0) is 36.2 Å². The first kappa shape index (κ1) is 17.3. The van der Waals surface area contributed by atoms with Crippen LogP contribution in [-0.4, -0.2) is 19.6 Å². The lowest BCUT2D eigenvalue weighted by Gasteiger charge is -2.14. The molecule has 1 aromatic heterocycles. The summed E-state index contributed by atoms with van der Waals surface area (Å²) in [6.07, 6.45) is 0.907. The zero-order chi connectivity index (χ0) is 15.9. The highest BCUT2D eigenvalue weighted by Gasteiger charge is 2.14. The minimum absolute atomic E-state index is 0.00956. The summed E-state index contributed by atoms with van der Waals surface area (Å²) in [5, 5.41) is 3.58. The van der Waals surface area contributed by atoms with E-state index < -0.39 is 0 Å². The molecule has 0 aliphatic rings. The molecule has 118 valence electrons. The lowest BCUT2D eigenvalue weighted by atomic mass is 10.1. The fraction of sp³-hybridized carbons (Fsp3) is 0.312. The van der Waals surface area contributed by atoms with Crippen molar-refractivity contribution in [2.75, 3.05) is 13.7 Å². The van der Waals surface area contributed by atoms with Crippen molar-refractivity contribution in [2.24, 2.45) is 0 Å². The molecular weight excluding hydrogens is 341 g/mol. The monoisotopic (exact) mass is 357 g/mol. The smallest absolute Gasteiger partial charge is 0.220 e. The van der Waals surface area contributed by atoms with Gasteiger partial charge in [0.1, 0.15) is 6.10 Å². The maximum Gasteiger partial charge on any atom is 0.220 e. The van der Waals surface area contributed by atoms with Gasteiger partial charge in [0.25, 0.3) is 0 Å². The van der Waals surface area contributed by atoms with Crippen LogP contribution in [0.2, 0.25) is 9.36 Å². The predicted molar refractivity (Wildman–Crippen MR) is 91.9 cm³/mol. The molecule has 0 saturated heterocycles. The van der Waals surface area contributed by atoms with Crippen molar-refractivity contribution in [1.29, 1.82) is 0 Å². The number of aryl methyl sites for hydroxylation is 1. The number of carbonyl (C=O) groups is 1. The summed E-state index contributed by atoms with van der Waals surface area (Å²) in [7, 11) is 1.62. The SMILES string of the molecule is COC(CNC(=O)CCc1cccc(Cl)c1)c1ccc(Cl)s1. The van der Waals surface area contributed by atoms with Gasteiger partial charge in [-0.1, -0.05) is 35.3 Å². The van der Waals surface area contributed by atoms with Crippen molar-refractivity contribution in [3.63, 3.8) is 0 Å². The van der Waals surface area contributed by atoms with E-state index in [1.54, 1.807) is 7.11 Å². The Balaban J connectivity index is 1.79. The third-order valence-electron chi connectivity index (χ3n) is 3.21. The van der Waals surface area contributed by atoms with Crippen molar-refractivity contribution in [3.05, 3.63) is 56.2 Å². The van der Waals surface area contributed by atoms with E-state index in [9.17, 15) is 4.79 Å². The molecule has 22 heavy (non-hydrogen) atoms. The number of thiophene rings is 1. The number of methoxy groups -OCH3 is 1. The Hall–Kier alpha value is -1.07. The van der Waals surface area contributed by atoms with E-state index in [1.807, 2.05) is 36.4 Å². The number of amides is 1. The molecule has 1 N–H and O–H groups in total. The summed E-state index contributed by atoms with van der Waals surface area (Å²) in [4.78, 5) is 12.9. The molecule has 0 aliphatic carbocycles. The normalized spacial score (nSPS) is 12.1. The van der Waals surface area contributed by atoms with Crippen LogP contribution in [0.5, 0.6) is 0 Å². The number of carbonyl (C=O) groups excluding carboxylic acids is 1. The number of hydrogen-bond donors (Lipinski definition) is 1. The molecule has 0 aliphatic heterocycles. The van der Waals surface area contributed by atoms with Gasteiger partial charge in [-0.25, -0.2) is 0 Å². The molecule has 3 nitrogen and oxygen atoms in total. The zero-order valence-corrected chi connectivity index (χ0v) is 14.5. The average Bonchev–Trinajstić information content (AvgIpc) is 2.92. The number of benzene rings is 1. The van der Waals surface area contributed by atoms with Crippen molar-refractivity contribution >= 4 is 40.4 Å². The van der Waals surface area contributed by atoms with Crippen LogP contribution >= 0.6 is 34.5 Å². The average molecular weight is 358 g/mol. The Morgan fingerprint density at radius 1 is 1.32 bits per heavy atom. The van der Waals surface area contributed by atoms with Crippen LogP contribution in [0.4, 0.5) is 0 Å². The van der Waals surface area contributed by atoms with Crippen LogP contribution in [0.15, 0.2) is 36.4 Å². The summed E-state index contributed by atoms with van der Waals surface area (Å²) in [5.74, 6) is -0.00956. The van der Waals surface area contributed by atoms with Crippen LogP contribution in [0, 0.1) is 0 Å². The largest absolute Gasteiger partial charge is 0.374 e. The van der Waals surface area contributed by atoms with E-state index >= 15 is 0 Å². The molecule has 1 heterocycles. The summed E-state index contributed by atoms with van der Waals surface area (Å²) in [5.41, 5.74) is 1.05. The Kier molecular flexibility index (Phi) is 6.70. The third-order valence-corrected chi connectivity index (χ3v) is 4.77. The molecule has 0 radical (unpaired) electrons. The number of ether oxygens (including phenoxy) is 1. The van der Waals surface area contributed by atoms with Crippen molar-refractivity contribution in [1.82, 2.24) is 5.32 Å². The molecule has 1 unspecified atom stereocenters. The second-order valence-corrected chi connectivity index (χ2v) is 6.98. The van der Waals surface area contributed by atoms with Crippen molar-refractivity contribution < 1.29 is 9.53 Å². The van der Waals surface area contributed by atoms with Gasteiger partial charge in [0.2, 0.25) is 5.91 Å². The van der Waals surface area contributed by atoms with Crippen molar-refractivity contribution in [2.45, 2.75) is 18.9 Å². The molecular formula is C16H17Cl2NO2S. The Labute approximate surface area is 144 Å². The van der Waals surface area contributed by atoms with Crippen LogP contribution in [-0.2, 0) is 16.0 Å². The van der Waals surface area contributed by atoms with Gasteiger partial charge in [-0.15, -0.1) is 11.3 Å². The highest BCUT2D eigenvalue weighted by atomic mass is 35.5. The van der Waals surface area contributed by atoms with Gasteiger partial charge in [0.15, 0.2) is 0 Å². The van der Waals surface area contributed by atoms with E-state index in [-0.39, 0.29) is 12.0 Å². The minimum atomic E-state index is -0.174. The fourth-order valence-electron chi connectivity index (χ4n) is 2.05. The van der Waals surface area contributed by atoms with Gasteiger partial charge in [-0.2, -0.15) is 0 Å². The van der Waals surface area contributed by atoms with Crippen molar-refractivity contribution in [3.8, 4) is 0 Å². The highest BCUT2D eigenvalue weighted by Crippen LogP contribution is 2.28. The van der Waals surface area contributed by atoms with Crippen LogP contribution < -0.4 is 5.32 Å². The van der Waals surface area contributed by atoms with Crippen LogP contribution in [0.25, 0.3) is 0 Å². The zero-order valence-electron chi connectivity index (χ0n) is 12.1. The molecule has 2 aromatic rings. The van der Waals surface area contributed by atoms with Crippen LogP contribution in [0.1, 0.15) is 23.0 Å². The Morgan fingerprint density at radius 3 is 2.77 bits per heavy atom. The van der Waals surface area contributed by atoms with E-state index in [4.69, 9.17) is 27.9 Å². The standard InChI is InChI=1S/C16H17Cl2NO2S/c1-21-13(14-6-7-15(18)22-14)10-19-16(20)8-5-11-3-2-4-12(17)9-11/h2-4,6-7,9,13H,5,8,10H2,1H3,(H,19,20). The second kappa shape index (κ2) is 8.53. The van der Waals surface area contributed by atoms with E-state index in [0.29, 0.717) is 28.7 Å². The van der Waals surface area contributed by atoms with E-state index in [1.165, 1.54) is 11.3 Å². The molecule has 1 atom stereocenters. The summed E-state index contributed by atoms with van der Waals surface area (Å²) >= 11 is 13.3. The predicted octanol–water partition coefficient (Wildman–Crippen LogP) is 4.49. The van der Waals surface area contributed by atoms with E-state index in [0.717, 1.165) is 10.4 Å². The van der Waals surface area contributed by atoms with Gasteiger partial charge < -0.3 is 10.1 Å². The molecule has 2 rings (SSSR count). The van der Waals surface area contributed by atoms with Gasteiger partial charge >= 0.3 is 0 Å². The Morgan fingerprint density at radius 2 is 2.14 bits per heavy atom. The van der Waals surface area contributed by atoms with E-state index in [2.05, 4.69) is 5.32 Å². The number of nitrogens with one attached hydrogen (secondary N) is 1. The minimum Gasteiger partial charge on any atom is -0.374 e. The maximum absolute atomic E-state index is 11.9. The lowest BCUT2D eigenvalue weighted by Crippen LogP contribution is -2.29. The first-order valence-electron chi connectivity index (χ1n) is 6.87. The summed E-state index contributed by atoms with van der Waals surface area (Å²) < 4.78 is 6.11. The quantitative estimate of drug-likeness (QED) is 0.792. The first-order chi connectivity index (χ1) is 10.6. The second-order valence-electron chi connectivity index (χ2n) is 4.80. The summed E-state index contributed by atoms with van der Waals surface area (Å²) in [6, 6.07) is 11.3. The number of hydrogen-bond acceptors (Lipinski definition) is 3. The Bertz CT molecular complexity index is 630. The summed E-state index contributed by atoms with van der Waals surface area (Å²) in [6.45, 7) is 0.432. The third kappa shape index (κ3) is 5.29. The maximum atomic E-state index is 11.9. The van der Waals surface area contributed by atoms with Gasteiger partial charge in [0, 0.05) is 30.0 Å². The number of rotatable bonds is 7. The molecule has 0 fully saturated rings. The van der Waals surface area contributed by atoms with Crippen LogP contribution in [0.3, 0.4) is 0 Å². The molecule has 0 saturated carbocycles. The van der Waals surface area contributed by atoms with Gasteiger partial charge in [0.05, 0.1) is 4.34 Å². The molecule has 0 spiro atoms. The molecule has 0 bridgehead atoms. The first-order valence-corrected chi connectivity index (χ1v) is 8.45. The molecule has 1 aromatic carbocycles. The topological polar surface area (TPSA) is 38.3 Å². The fourth-order valence-corrected chi connectivity index (χ4v) is 3.40. The molecule has 1 amide bonds. The highest BCUT2D eigenvalue weighted by molar-refractivity contribution is 7.16. The number of halogens is 2. The lowest BCUT2D eigenvalue weighted by molar-refractivity contribution is -0.121. The van der Waals surface area contributed by atoms with Gasteiger partial charge in [-0.3, -0.25) is 4.79 Å².